The zero-order valence-corrected chi connectivity index (χ0v) is 12.1. The third kappa shape index (κ3) is 3.01. The van der Waals surface area contributed by atoms with Crippen LogP contribution in [0.25, 0.3) is 0 Å². The minimum atomic E-state index is -0.318. The van der Waals surface area contributed by atoms with E-state index in [-0.39, 0.29) is 12.0 Å². The van der Waals surface area contributed by atoms with E-state index in [4.69, 9.17) is 9.26 Å². The van der Waals surface area contributed by atoms with Crippen molar-refractivity contribution in [2.45, 2.75) is 25.7 Å². The maximum Gasteiger partial charge on any atom is 0.409 e. The Morgan fingerprint density at radius 2 is 1.95 bits per heavy atom. The molecule has 0 aromatic carbocycles. The minimum absolute atomic E-state index is 0.130. The van der Waals surface area contributed by atoms with Crippen LogP contribution in [-0.4, -0.2) is 59.7 Å². The number of rotatable bonds is 3. The van der Waals surface area contributed by atoms with E-state index in [1.54, 1.807) is 22.8 Å². The lowest BCUT2D eigenvalue weighted by molar-refractivity contribution is 0.0562. The maximum atomic E-state index is 12.3. The average Bonchev–Trinajstić information content (AvgIpc) is 3.24. The van der Waals surface area contributed by atoms with Crippen molar-refractivity contribution in [1.82, 2.24) is 15.0 Å². The van der Waals surface area contributed by atoms with Gasteiger partial charge in [-0.15, -0.1) is 0 Å². The molecule has 1 saturated carbocycles. The van der Waals surface area contributed by atoms with Crippen molar-refractivity contribution in [1.29, 1.82) is 0 Å². The predicted octanol–water partition coefficient (Wildman–Crippen LogP) is 1.47. The van der Waals surface area contributed by atoms with Crippen molar-refractivity contribution in [3.05, 3.63) is 17.5 Å². The van der Waals surface area contributed by atoms with Gasteiger partial charge in [0.1, 0.15) is 5.76 Å². The summed E-state index contributed by atoms with van der Waals surface area (Å²) >= 11 is 0. The Morgan fingerprint density at radius 1 is 1.29 bits per heavy atom. The zero-order valence-electron chi connectivity index (χ0n) is 12.1. The lowest BCUT2D eigenvalue weighted by Gasteiger charge is -2.33. The minimum Gasteiger partial charge on any atom is -0.450 e. The molecule has 1 saturated heterocycles. The third-order valence-electron chi connectivity index (χ3n) is 3.82. The summed E-state index contributed by atoms with van der Waals surface area (Å²) in [6.45, 7) is 4.09. The summed E-state index contributed by atoms with van der Waals surface area (Å²) in [7, 11) is 0. The summed E-state index contributed by atoms with van der Waals surface area (Å²) in [5, 5.41) is 3.86. The van der Waals surface area contributed by atoms with E-state index in [0.29, 0.717) is 44.4 Å². The Bertz CT molecular complexity index is 530. The largest absolute Gasteiger partial charge is 0.450 e. The van der Waals surface area contributed by atoms with Gasteiger partial charge in [-0.3, -0.25) is 4.79 Å². The van der Waals surface area contributed by atoms with Gasteiger partial charge in [0.25, 0.3) is 5.91 Å². The monoisotopic (exact) mass is 293 g/mol. The van der Waals surface area contributed by atoms with Crippen LogP contribution in [0.4, 0.5) is 4.79 Å². The number of carbonyl (C=O) groups is 2. The van der Waals surface area contributed by atoms with Crippen molar-refractivity contribution < 1.29 is 18.8 Å². The Morgan fingerprint density at radius 3 is 2.57 bits per heavy atom. The first-order valence-corrected chi connectivity index (χ1v) is 7.36. The number of carbonyl (C=O) groups excluding carboxylic acids is 2. The molecule has 0 spiro atoms. The van der Waals surface area contributed by atoms with Gasteiger partial charge in [0.05, 0.1) is 6.61 Å². The molecule has 21 heavy (non-hydrogen) atoms. The smallest absolute Gasteiger partial charge is 0.409 e. The number of ether oxygens (including phenoxy) is 1. The van der Waals surface area contributed by atoms with Crippen LogP contribution in [0.5, 0.6) is 0 Å². The first kappa shape index (κ1) is 13.9. The van der Waals surface area contributed by atoms with E-state index in [0.717, 1.165) is 18.6 Å². The molecule has 7 heteroatoms. The van der Waals surface area contributed by atoms with Crippen molar-refractivity contribution in [3.8, 4) is 0 Å². The van der Waals surface area contributed by atoms with E-state index < -0.39 is 0 Å². The highest BCUT2D eigenvalue weighted by Gasteiger charge is 2.31. The van der Waals surface area contributed by atoms with Crippen LogP contribution in [0, 0.1) is 0 Å². The molecule has 1 aromatic rings. The van der Waals surface area contributed by atoms with Crippen LogP contribution in [0.15, 0.2) is 10.6 Å². The molecule has 1 aliphatic carbocycles. The van der Waals surface area contributed by atoms with Gasteiger partial charge >= 0.3 is 6.09 Å². The van der Waals surface area contributed by atoms with Crippen molar-refractivity contribution in [2.75, 3.05) is 32.8 Å². The molecular formula is C14H19N3O4. The number of hydrogen-bond donors (Lipinski definition) is 0. The molecule has 0 N–H and O–H groups in total. The molecule has 0 radical (unpaired) electrons. The first-order chi connectivity index (χ1) is 10.2. The topological polar surface area (TPSA) is 75.9 Å². The Labute approximate surface area is 122 Å². The summed E-state index contributed by atoms with van der Waals surface area (Å²) in [5.41, 5.74) is 0.362. The third-order valence-corrected chi connectivity index (χ3v) is 3.82. The molecule has 1 aromatic heterocycles. The molecule has 7 nitrogen and oxygen atoms in total. The molecule has 1 aliphatic heterocycles. The standard InChI is InChI=1S/C14H19N3O4/c1-2-20-14(19)17-7-5-16(6-8-17)13(18)11-9-12(21-15-11)10-3-4-10/h9-10H,2-8H2,1H3. The number of amides is 2. The van der Waals surface area contributed by atoms with Crippen LogP contribution < -0.4 is 0 Å². The van der Waals surface area contributed by atoms with Gasteiger partial charge < -0.3 is 19.1 Å². The molecule has 3 rings (SSSR count). The molecule has 2 fully saturated rings. The summed E-state index contributed by atoms with van der Waals surface area (Å²) in [5.74, 6) is 1.12. The molecule has 2 heterocycles. The second-order valence-corrected chi connectivity index (χ2v) is 5.37. The number of hydrogen-bond acceptors (Lipinski definition) is 5. The van der Waals surface area contributed by atoms with Gasteiger partial charge in [-0.1, -0.05) is 5.16 Å². The van der Waals surface area contributed by atoms with Gasteiger partial charge in [0.2, 0.25) is 0 Å². The van der Waals surface area contributed by atoms with Crippen LogP contribution >= 0.6 is 0 Å². The predicted molar refractivity (Wildman–Crippen MR) is 73.0 cm³/mol. The van der Waals surface area contributed by atoms with Crippen molar-refractivity contribution in [3.63, 3.8) is 0 Å². The fourth-order valence-electron chi connectivity index (χ4n) is 2.42. The highest BCUT2D eigenvalue weighted by atomic mass is 16.6. The quantitative estimate of drug-likeness (QED) is 0.843. The van der Waals surface area contributed by atoms with Crippen LogP contribution in [0.2, 0.25) is 0 Å². The van der Waals surface area contributed by atoms with E-state index in [1.165, 1.54) is 0 Å². The molecule has 0 atom stereocenters. The highest BCUT2D eigenvalue weighted by Crippen LogP contribution is 2.40. The summed E-state index contributed by atoms with van der Waals surface area (Å²) in [6, 6.07) is 1.75. The van der Waals surface area contributed by atoms with Gasteiger partial charge in [-0.2, -0.15) is 0 Å². The Kier molecular flexibility index (Phi) is 3.81. The number of aromatic nitrogens is 1. The van der Waals surface area contributed by atoms with Gasteiger partial charge in [0, 0.05) is 38.2 Å². The normalized spacial score (nSPS) is 18.7. The van der Waals surface area contributed by atoms with Gasteiger partial charge in [-0.05, 0) is 19.8 Å². The van der Waals surface area contributed by atoms with Gasteiger partial charge in [0.15, 0.2) is 5.69 Å². The van der Waals surface area contributed by atoms with Crippen LogP contribution in [-0.2, 0) is 4.74 Å². The number of nitrogens with zero attached hydrogens (tertiary/aromatic N) is 3. The molecule has 0 bridgehead atoms. The zero-order chi connectivity index (χ0) is 14.8. The van der Waals surface area contributed by atoms with Crippen molar-refractivity contribution in [2.24, 2.45) is 0 Å². The van der Waals surface area contributed by atoms with Gasteiger partial charge in [-0.25, -0.2) is 4.79 Å². The Hall–Kier alpha value is -2.05. The molecule has 0 unspecified atom stereocenters. The fraction of sp³-hybridized carbons (Fsp3) is 0.643. The molecule has 2 amide bonds. The van der Waals surface area contributed by atoms with Crippen LogP contribution in [0.3, 0.4) is 0 Å². The summed E-state index contributed by atoms with van der Waals surface area (Å²) < 4.78 is 10.2. The summed E-state index contributed by atoms with van der Waals surface area (Å²) in [6.07, 6.45) is 1.91. The van der Waals surface area contributed by atoms with Crippen LogP contribution in [0.1, 0.15) is 41.9 Å². The lowest BCUT2D eigenvalue weighted by atomic mass is 10.2. The highest BCUT2D eigenvalue weighted by molar-refractivity contribution is 5.92. The molecular weight excluding hydrogens is 274 g/mol. The van der Waals surface area contributed by atoms with E-state index in [9.17, 15) is 9.59 Å². The maximum absolute atomic E-state index is 12.3. The van der Waals surface area contributed by atoms with E-state index in [2.05, 4.69) is 5.16 Å². The SMILES string of the molecule is CCOC(=O)N1CCN(C(=O)c2cc(C3CC3)on2)CC1. The average molecular weight is 293 g/mol. The Balaban J connectivity index is 1.55. The van der Waals surface area contributed by atoms with Crippen molar-refractivity contribution >= 4 is 12.0 Å². The van der Waals surface area contributed by atoms with E-state index >= 15 is 0 Å². The molecule has 114 valence electrons. The molecule has 2 aliphatic rings. The first-order valence-electron chi connectivity index (χ1n) is 7.36. The fourth-order valence-corrected chi connectivity index (χ4v) is 2.42. The van der Waals surface area contributed by atoms with E-state index in [1.807, 2.05) is 0 Å². The summed E-state index contributed by atoms with van der Waals surface area (Å²) in [4.78, 5) is 27.2. The lowest BCUT2D eigenvalue weighted by Crippen LogP contribution is -2.50. The number of piperazine rings is 1. The second-order valence-electron chi connectivity index (χ2n) is 5.37. The second kappa shape index (κ2) is 5.75.